The smallest absolute Gasteiger partial charge is 0.255 e. The van der Waals surface area contributed by atoms with Gasteiger partial charge in [0.15, 0.2) is 0 Å². The van der Waals surface area contributed by atoms with E-state index in [0.717, 1.165) is 31.1 Å². The summed E-state index contributed by atoms with van der Waals surface area (Å²) >= 11 is 0. The second-order valence-electron chi connectivity index (χ2n) is 4.07. The van der Waals surface area contributed by atoms with Gasteiger partial charge in [0.05, 0.1) is 12.6 Å². The summed E-state index contributed by atoms with van der Waals surface area (Å²) in [5.74, 6) is -0.234. The number of nitrogens with zero attached hydrogens (tertiary/aromatic N) is 2. The van der Waals surface area contributed by atoms with Crippen LogP contribution in [0.5, 0.6) is 0 Å². The van der Waals surface area contributed by atoms with Crippen molar-refractivity contribution < 1.29 is 13.6 Å². The average molecular weight is 235 g/mol. The lowest BCUT2D eigenvalue weighted by atomic mass is 10.2. The fourth-order valence-corrected chi connectivity index (χ4v) is 1.84. The summed E-state index contributed by atoms with van der Waals surface area (Å²) in [6.45, 7) is 4.54. The van der Waals surface area contributed by atoms with E-state index in [-0.39, 0.29) is 11.9 Å². The zero-order chi connectivity index (χ0) is 12.1. The summed E-state index contributed by atoms with van der Waals surface area (Å²) < 4.78 is 24.3. The van der Waals surface area contributed by atoms with Crippen LogP contribution in [0.2, 0.25) is 0 Å². The van der Waals surface area contributed by atoms with Gasteiger partial charge in [0, 0.05) is 33.2 Å². The van der Waals surface area contributed by atoms with Gasteiger partial charge in [0.25, 0.3) is 6.43 Å². The Morgan fingerprint density at radius 3 is 2.50 bits per heavy atom. The second kappa shape index (κ2) is 6.10. The van der Waals surface area contributed by atoms with E-state index >= 15 is 0 Å². The molecule has 1 aliphatic rings. The summed E-state index contributed by atoms with van der Waals surface area (Å²) in [5.41, 5.74) is 0. The number of nitrogens with one attached hydrogen (secondary N) is 1. The van der Waals surface area contributed by atoms with E-state index < -0.39 is 13.0 Å². The number of likely N-dealkylation sites (N-methyl/N-ethyl adjacent to an activating group) is 1. The van der Waals surface area contributed by atoms with Gasteiger partial charge in [-0.05, 0) is 6.92 Å². The highest BCUT2D eigenvalue weighted by atomic mass is 19.3. The van der Waals surface area contributed by atoms with E-state index in [9.17, 15) is 13.6 Å². The molecule has 1 aliphatic heterocycles. The summed E-state index contributed by atoms with van der Waals surface area (Å²) in [6.07, 6.45) is -2.47. The molecule has 0 spiro atoms. The van der Waals surface area contributed by atoms with Crippen LogP contribution >= 0.6 is 0 Å². The van der Waals surface area contributed by atoms with Crippen molar-refractivity contribution in [3.05, 3.63) is 0 Å². The van der Waals surface area contributed by atoms with Gasteiger partial charge in [-0.15, -0.1) is 0 Å². The number of halogens is 2. The molecule has 4 nitrogen and oxygen atoms in total. The van der Waals surface area contributed by atoms with Crippen LogP contribution in [0.4, 0.5) is 8.78 Å². The minimum Gasteiger partial charge on any atom is -0.339 e. The van der Waals surface area contributed by atoms with Gasteiger partial charge in [-0.25, -0.2) is 8.78 Å². The summed E-state index contributed by atoms with van der Waals surface area (Å²) in [6, 6.07) is -0.314. The topological polar surface area (TPSA) is 35.6 Å². The van der Waals surface area contributed by atoms with Crippen LogP contribution in [0.15, 0.2) is 0 Å². The van der Waals surface area contributed by atoms with Crippen LogP contribution in [-0.4, -0.2) is 67.9 Å². The monoisotopic (exact) mass is 235 g/mol. The largest absolute Gasteiger partial charge is 0.339 e. The number of alkyl halides is 2. The third-order valence-corrected chi connectivity index (χ3v) is 2.84. The van der Waals surface area contributed by atoms with Gasteiger partial charge in [0.2, 0.25) is 5.91 Å². The molecule has 1 rings (SSSR count). The van der Waals surface area contributed by atoms with Crippen LogP contribution in [0.3, 0.4) is 0 Å². The quantitative estimate of drug-likeness (QED) is 0.745. The van der Waals surface area contributed by atoms with Gasteiger partial charge in [0.1, 0.15) is 0 Å². The highest BCUT2D eigenvalue weighted by Gasteiger charge is 2.26. The van der Waals surface area contributed by atoms with Crippen molar-refractivity contribution in [2.24, 2.45) is 0 Å². The minimum atomic E-state index is -2.47. The number of hydrogen-bond donors (Lipinski definition) is 1. The van der Waals surface area contributed by atoms with Crippen molar-refractivity contribution in [2.75, 3.05) is 39.8 Å². The van der Waals surface area contributed by atoms with Crippen LogP contribution < -0.4 is 5.32 Å². The Bertz CT molecular complexity index is 232. The Morgan fingerprint density at radius 1 is 1.44 bits per heavy atom. The first-order valence-electron chi connectivity index (χ1n) is 5.50. The summed E-state index contributed by atoms with van der Waals surface area (Å²) in [5, 5.41) is 3.18. The maximum Gasteiger partial charge on any atom is 0.255 e. The average Bonchev–Trinajstić information content (AvgIpc) is 2.27. The molecule has 1 saturated heterocycles. The molecular weight excluding hydrogens is 216 g/mol. The number of amides is 1. The van der Waals surface area contributed by atoms with Crippen molar-refractivity contribution in [1.82, 2.24) is 15.1 Å². The third-order valence-electron chi connectivity index (χ3n) is 2.84. The fraction of sp³-hybridized carbons (Fsp3) is 0.900. The van der Waals surface area contributed by atoms with Crippen molar-refractivity contribution in [2.45, 2.75) is 19.4 Å². The fourth-order valence-electron chi connectivity index (χ4n) is 1.84. The Labute approximate surface area is 94.6 Å². The Morgan fingerprint density at radius 2 is 2.00 bits per heavy atom. The van der Waals surface area contributed by atoms with Crippen molar-refractivity contribution >= 4 is 5.91 Å². The number of rotatable bonds is 4. The molecule has 1 fully saturated rings. The molecule has 1 N–H and O–H groups in total. The number of piperazine rings is 1. The van der Waals surface area contributed by atoms with Gasteiger partial charge < -0.3 is 10.2 Å². The first kappa shape index (κ1) is 13.3. The van der Waals surface area contributed by atoms with E-state index in [4.69, 9.17) is 0 Å². The molecule has 0 aliphatic carbocycles. The number of carbonyl (C=O) groups excluding carboxylic acids is 1. The van der Waals surface area contributed by atoms with Gasteiger partial charge in [-0.2, -0.15) is 0 Å². The standard InChI is InChI=1S/C10H19F2N3O/c1-8(15-5-3-13-4-6-15)10(16)14(2)7-9(11)12/h8-9,13H,3-7H2,1-2H3. The Balaban J connectivity index is 2.45. The molecule has 0 aromatic rings. The van der Waals surface area contributed by atoms with Gasteiger partial charge in [-0.1, -0.05) is 0 Å². The van der Waals surface area contributed by atoms with Crippen LogP contribution in [0.1, 0.15) is 6.92 Å². The molecule has 0 aromatic heterocycles. The van der Waals surface area contributed by atoms with Crippen LogP contribution in [0, 0.1) is 0 Å². The van der Waals surface area contributed by atoms with Crippen molar-refractivity contribution in [1.29, 1.82) is 0 Å². The van der Waals surface area contributed by atoms with Crippen LogP contribution in [0.25, 0.3) is 0 Å². The molecule has 1 amide bonds. The molecular formula is C10H19F2N3O. The van der Waals surface area contributed by atoms with Gasteiger partial charge >= 0.3 is 0 Å². The molecule has 1 atom stereocenters. The lowest BCUT2D eigenvalue weighted by molar-refractivity contribution is -0.137. The number of carbonyl (C=O) groups is 1. The molecule has 0 saturated carbocycles. The Hall–Kier alpha value is -0.750. The SMILES string of the molecule is CC(C(=O)N(C)CC(F)F)N1CCNCC1. The second-order valence-corrected chi connectivity index (χ2v) is 4.07. The third kappa shape index (κ3) is 3.68. The highest BCUT2D eigenvalue weighted by molar-refractivity contribution is 5.81. The Kier molecular flexibility index (Phi) is 5.08. The zero-order valence-electron chi connectivity index (χ0n) is 9.75. The maximum atomic E-state index is 12.1. The van der Waals surface area contributed by atoms with E-state index in [1.54, 1.807) is 6.92 Å². The normalized spacial score (nSPS) is 19.8. The first-order valence-corrected chi connectivity index (χ1v) is 5.50. The predicted molar refractivity (Wildman–Crippen MR) is 57.5 cm³/mol. The molecule has 0 radical (unpaired) electrons. The van der Waals surface area contributed by atoms with E-state index in [2.05, 4.69) is 5.32 Å². The molecule has 6 heteroatoms. The molecule has 0 aromatic carbocycles. The maximum absolute atomic E-state index is 12.1. The van der Waals surface area contributed by atoms with Crippen molar-refractivity contribution in [3.8, 4) is 0 Å². The first-order chi connectivity index (χ1) is 7.52. The van der Waals surface area contributed by atoms with E-state index in [1.807, 2.05) is 4.90 Å². The molecule has 94 valence electrons. The molecule has 1 unspecified atom stereocenters. The molecule has 16 heavy (non-hydrogen) atoms. The zero-order valence-corrected chi connectivity index (χ0v) is 9.75. The van der Waals surface area contributed by atoms with E-state index in [1.165, 1.54) is 7.05 Å². The van der Waals surface area contributed by atoms with Gasteiger partial charge in [-0.3, -0.25) is 9.69 Å². The van der Waals surface area contributed by atoms with Crippen LogP contribution in [-0.2, 0) is 4.79 Å². The van der Waals surface area contributed by atoms with Crippen molar-refractivity contribution in [3.63, 3.8) is 0 Å². The molecule has 0 bridgehead atoms. The minimum absolute atomic E-state index is 0.234. The summed E-state index contributed by atoms with van der Waals surface area (Å²) in [7, 11) is 1.42. The highest BCUT2D eigenvalue weighted by Crippen LogP contribution is 2.06. The van der Waals surface area contributed by atoms with E-state index in [0.29, 0.717) is 0 Å². The predicted octanol–water partition coefficient (Wildman–Crippen LogP) is 0.00360. The lowest BCUT2D eigenvalue weighted by Crippen LogP contribution is -2.53. The summed E-state index contributed by atoms with van der Waals surface area (Å²) in [4.78, 5) is 14.9. The number of hydrogen-bond acceptors (Lipinski definition) is 3. The molecule has 1 heterocycles. The lowest BCUT2D eigenvalue weighted by Gasteiger charge is -2.33.